The predicted octanol–water partition coefficient (Wildman–Crippen LogP) is 2.14. The Labute approximate surface area is 121 Å². The number of hydrogen-bond donors (Lipinski definition) is 0. The summed E-state index contributed by atoms with van der Waals surface area (Å²) in [4.78, 5) is 27.4. The Morgan fingerprint density at radius 1 is 1.60 bits per heavy atom. The van der Waals surface area contributed by atoms with Gasteiger partial charge in [-0.25, -0.2) is 4.98 Å². The summed E-state index contributed by atoms with van der Waals surface area (Å²) in [5.41, 5.74) is -0.558. The quantitative estimate of drug-likeness (QED) is 0.456. The largest absolute Gasteiger partial charge is 0.377 e. The lowest BCUT2D eigenvalue weighted by Crippen LogP contribution is -2.31. The molecule has 0 saturated carbocycles. The van der Waals surface area contributed by atoms with E-state index in [9.17, 15) is 14.9 Å². The van der Waals surface area contributed by atoms with Gasteiger partial charge in [0.25, 0.3) is 5.91 Å². The summed E-state index contributed by atoms with van der Waals surface area (Å²) in [6.07, 6.45) is 1.32. The van der Waals surface area contributed by atoms with Crippen LogP contribution in [0.2, 0.25) is 5.15 Å². The van der Waals surface area contributed by atoms with Crippen LogP contribution < -0.4 is 0 Å². The molecule has 110 valence electrons. The van der Waals surface area contributed by atoms with Gasteiger partial charge in [0.05, 0.1) is 17.6 Å². The molecule has 1 amide bonds. The normalized spacial score (nSPS) is 10.7. The fourth-order valence-electron chi connectivity index (χ4n) is 1.51. The Balaban J connectivity index is 2.87. The molecule has 1 rings (SSSR count). The summed E-state index contributed by atoms with van der Waals surface area (Å²) >= 11 is 5.67. The third-order valence-electron chi connectivity index (χ3n) is 2.52. The second kappa shape index (κ2) is 7.16. The number of likely N-dealkylation sites (N-methyl/N-ethyl adjacent to an activating group) is 1. The smallest absolute Gasteiger partial charge is 0.319 e. The van der Waals surface area contributed by atoms with Crippen molar-refractivity contribution in [2.75, 3.05) is 20.2 Å². The molecule has 0 atom stereocenters. The van der Waals surface area contributed by atoms with E-state index in [0.29, 0.717) is 13.2 Å². The number of hydrogen-bond acceptors (Lipinski definition) is 5. The van der Waals surface area contributed by atoms with Crippen molar-refractivity contribution >= 4 is 23.2 Å². The van der Waals surface area contributed by atoms with E-state index in [2.05, 4.69) is 4.98 Å². The van der Waals surface area contributed by atoms with E-state index in [0.717, 1.165) is 0 Å². The minimum absolute atomic E-state index is 0.0585. The standard InChI is InChI=1S/C12H16ClN3O4/c1-8(2)20-7-6-15(3)12(17)9-4-5-14-11(13)10(9)16(18)19/h4-5,8H,6-7H2,1-3H3. The van der Waals surface area contributed by atoms with Gasteiger partial charge in [0.15, 0.2) is 0 Å². The van der Waals surface area contributed by atoms with E-state index < -0.39 is 16.5 Å². The molecule has 8 heteroatoms. The van der Waals surface area contributed by atoms with Gasteiger partial charge in [-0.3, -0.25) is 14.9 Å². The summed E-state index contributed by atoms with van der Waals surface area (Å²) in [7, 11) is 1.55. The molecular weight excluding hydrogens is 286 g/mol. The summed E-state index contributed by atoms with van der Waals surface area (Å²) in [5.74, 6) is -0.492. The number of nitro groups is 1. The van der Waals surface area contributed by atoms with E-state index in [-0.39, 0.29) is 16.8 Å². The number of aromatic nitrogens is 1. The first-order valence-corrected chi connectivity index (χ1v) is 6.38. The monoisotopic (exact) mass is 301 g/mol. The van der Waals surface area contributed by atoms with Crippen LogP contribution in [0.3, 0.4) is 0 Å². The van der Waals surface area contributed by atoms with Gasteiger partial charge in [-0.15, -0.1) is 0 Å². The summed E-state index contributed by atoms with van der Waals surface area (Å²) in [6.45, 7) is 4.45. The molecule has 0 aliphatic carbocycles. The minimum Gasteiger partial charge on any atom is -0.377 e. The second-order valence-corrected chi connectivity index (χ2v) is 4.76. The Hall–Kier alpha value is -1.73. The van der Waals surface area contributed by atoms with Crippen molar-refractivity contribution in [1.82, 2.24) is 9.88 Å². The zero-order valence-corrected chi connectivity index (χ0v) is 12.3. The van der Waals surface area contributed by atoms with Crippen molar-refractivity contribution in [3.8, 4) is 0 Å². The molecular formula is C12H16ClN3O4. The van der Waals surface area contributed by atoms with Gasteiger partial charge in [-0.2, -0.15) is 0 Å². The number of carbonyl (C=O) groups is 1. The lowest BCUT2D eigenvalue weighted by atomic mass is 10.2. The van der Waals surface area contributed by atoms with Crippen molar-refractivity contribution < 1.29 is 14.5 Å². The molecule has 20 heavy (non-hydrogen) atoms. The zero-order valence-electron chi connectivity index (χ0n) is 11.5. The number of ether oxygens (including phenoxy) is 1. The van der Waals surface area contributed by atoms with Gasteiger partial charge in [0.2, 0.25) is 5.15 Å². The molecule has 1 aromatic rings. The molecule has 7 nitrogen and oxygen atoms in total. The highest BCUT2D eigenvalue weighted by atomic mass is 35.5. The zero-order chi connectivity index (χ0) is 15.3. The molecule has 0 fully saturated rings. The van der Waals surface area contributed by atoms with Crippen molar-refractivity contribution in [1.29, 1.82) is 0 Å². The number of pyridine rings is 1. The predicted molar refractivity (Wildman–Crippen MR) is 73.9 cm³/mol. The van der Waals surface area contributed by atoms with E-state index in [4.69, 9.17) is 16.3 Å². The molecule has 0 spiro atoms. The van der Waals surface area contributed by atoms with Crippen LogP contribution in [0.5, 0.6) is 0 Å². The Bertz CT molecular complexity index is 507. The van der Waals surface area contributed by atoms with Crippen molar-refractivity contribution in [3.05, 3.63) is 33.1 Å². The molecule has 0 aliphatic rings. The lowest BCUT2D eigenvalue weighted by molar-refractivity contribution is -0.385. The average molecular weight is 302 g/mol. The molecule has 1 aromatic heterocycles. The molecule has 0 saturated heterocycles. The summed E-state index contributed by atoms with van der Waals surface area (Å²) < 4.78 is 5.33. The molecule has 0 aromatic carbocycles. The van der Waals surface area contributed by atoms with Gasteiger partial charge in [0.1, 0.15) is 5.56 Å². The molecule has 1 heterocycles. The van der Waals surface area contributed by atoms with E-state index in [1.165, 1.54) is 17.2 Å². The number of nitrogens with zero attached hydrogens (tertiary/aromatic N) is 3. The van der Waals surface area contributed by atoms with Crippen LogP contribution in [-0.2, 0) is 4.74 Å². The van der Waals surface area contributed by atoms with Crippen LogP contribution in [0, 0.1) is 10.1 Å². The number of carbonyl (C=O) groups excluding carboxylic acids is 1. The van der Waals surface area contributed by atoms with Gasteiger partial charge >= 0.3 is 5.69 Å². The highest BCUT2D eigenvalue weighted by Gasteiger charge is 2.26. The van der Waals surface area contributed by atoms with E-state index in [1.807, 2.05) is 13.8 Å². The molecule has 0 bridgehead atoms. The third-order valence-corrected chi connectivity index (χ3v) is 2.79. The highest BCUT2D eigenvalue weighted by molar-refractivity contribution is 6.32. The average Bonchev–Trinajstić information content (AvgIpc) is 2.36. The number of amides is 1. The van der Waals surface area contributed by atoms with Crippen LogP contribution in [0.25, 0.3) is 0 Å². The van der Waals surface area contributed by atoms with Gasteiger partial charge in [0, 0.05) is 19.8 Å². The Kier molecular flexibility index (Phi) is 5.84. The lowest BCUT2D eigenvalue weighted by Gasteiger charge is -2.18. The topological polar surface area (TPSA) is 85.6 Å². The molecule has 0 N–H and O–H groups in total. The second-order valence-electron chi connectivity index (χ2n) is 4.40. The van der Waals surface area contributed by atoms with Crippen LogP contribution in [0.1, 0.15) is 24.2 Å². The molecule has 0 unspecified atom stereocenters. The fraction of sp³-hybridized carbons (Fsp3) is 0.500. The van der Waals surface area contributed by atoms with Crippen molar-refractivity contribution in [2.24, 2.45) is 0 Å². The fourth-order valence-corrected chi connectivity index (χ4v) is 1.73. The third kappa shape index (κ3) is 4.14. The van der Waals surface area contributed by atoms with Crippen molar-refractivity contribution in [3.63, 3.8) is 0 Å². The first-order chi connectivity index (χ1) is 9.34. The summed E-state index contributed by atoms with van der Waals surface area (Å²) in [6, 6.07) is 1.28. The minimum atomic E-state index is -0.707. The maximum Gasteiger partial charge on any atom is 0.319 e. The van der Waals surface area contributed by atoms with Crippen LogP contribution in [-0.4, -0.2) is 47.0 Å². The maximum absolute atomic E-state index is 12.2. The Morgan fingerprint density at radius 2 is 2.25 bits per heavy atom. The molecule has 0 aliphatic heterocycles. The van der Waals surface area contributed by atoms with E-state index in [1.54, 1.807) is 7.05 Å². The van der Waals surface area contributed by atoms with E-state index >= 15 is 0 Å². The Morgan fingerprint density at radius 3 is 2.80 bits per heavy atom. The van der Waals surface area contributed by atoms with Crippen LogP contribution in [0.4, 0.5) is 5.69 Å². The van der Waals surface area contributed by atoms with Gasteiger partial charge < -0.3 is 9.64 Å². The SMILES string of the molecule is CC(C)OCCN(C)C(=O)c1ccnc(Cl)c1[N+](=O)[O-]. The summed E-state index contributed by atoms with van der Waals surface area (Å²) in [5, 5.41) is 10.7. The number of halogens is 1. The number of rotatable bonds is 6. The first kappa shape index (κ1) is 16.3. The molecule has 0 radical (unpaired) electrons. The maximum atomic E-state index is 12.2. The van der Waals surface area contributed by atoms with Crippen molar-refractivity contribution in [2.45, 2.75) is 20.0 Å². The first-order valence-electron chi connectivity index (χ1n) is 6.00. The van der Waals surface area contributed by atoms with Gasteiger partial charge in [-0.05, 0) is 19.9 Å². The van der Waals surface area contributed by atoms with Crippen LogP contribution >= 0.6 is 11.6 Å². The van der Waals surface area contributed by atoms with Gasteiger partial charge in [-0.1, -0.05) is 11.6 Å². The van der Waals surface area contributed by atoms with Crippen LogP contribution in [0.15, 0.2) is 12.3 Å². The highest BCUT2D eigenvalue weighted by Crippen LogP contribution is 2.26.